The fourth-order valence-electron chi connectivity index (χ4n) is 2.96. The van der Waals surface area contributed by atoms with Crippen LogP contribution in [0.5, 0.6) is 0 Å². The predicted octanol–water partition coefficient (Wildman–Crippen LogP) is 4.15. The molecule has 17 heavy (non-hydrogen) atoms. The van der Waals surface area contributed by atoms with Gasteiger partial charge in [-0.1, -0.05) is 26.2 Å². The quantitative estimate of drug-likeness (QED) is 0.829. The van der Waals surface area contributed by atoms with Crippen LogP contribution in [0, 0.1) is 11.8 Å². The Morgan fingerprint density at radius 2 is 2.35 bits per heavy atom. The van der Waals surface area contributed by atoms with E-state index in [1.807, 2.05) is 12.1 Å². The Hall–Kier alpha value is -0.760. The lowest BCUT2D eigenvalue weighted by molar-refractivity contribution is 0.264. The summed E-state index contributed by atoms with van der Waals surface area (Å²) >= 11 is 0. The van der Waals surface area contributed by atoms with E-state index in [2.05, 4.69) is 19.2 Å². The largest absolute Gasteiger partial charge is 0.468 e. The van der Waals surface area contributed by atoms with Crippen LogP contribution < -0.4 is 5.32 Å². The standard InChI is InChI=1S/C15H25NO/c1-12-5-3-6-14(11-12)8-9-16-13(2)15-7-4-10-17-15/h4,7,10,12-14,16H,3,5-6,8-9,11H2,1-2H3. The average Bonchev–Trinajstić information content (AvgIpc) is 2.82. The van der Waals surface area contributed by atoms with Gasteiger partial charge in [0, 0.05) is 0 Å². The van der Waals surface area contributed by atoms with Gasteiger partial charge in [-0.3, -0.25) is 0 Å². The van der Waals surface area contributed by atoms with E-state index in [0.29, 0.717) is 6.04 Å². The van der Waals surface area contributed by atoms with Crippen molar-refractivity contribution < 1.29 is 4.42 Å². The molecule has 0 bridgehead atoms. The number of rotatable bonds is 5. The maximum Gasteiger partial charge on any atom is 0.120 e. The maximum atomic E-state index is 5.39. The van der Waals surface area contributed by atoms with E-state index in [4.69, 9.17) is 4.42 Å². The van der Waals surface area contributed by atoms with Crippen LogP contribution >= 0.6 is 0 Å². The average molecular weight is 235 g/mol. The van der Waals surface area contributed by atoms with Crippen LogP contribution in [-0.2, 0) is 0 Å². The van der Waals surface area contributed by atoms with Crippen LogP contribution in [0.15, 0.2) is 22.8 Å². The highest BCUT2D eigenvalue weighted by atomic mass is 16.3. The zero-order valence-electron chi connectivity index (χ0n) is 11.1. The third-order valence-corrected chi connectivity index (χ3v) is 4.02. The first-order valence-electron chi connectivity index (χ1n) is 7.02. The lowest BCUT2D eigenvalue weighted by Crippen LogP contribution is -2.23. The molecule has 0 saturated heterocycles. The topological polar surface area (TPSA) is 25.2 Å². The van der Waals surface area contributed by atoms with E-state index < -0.39 is 0 Å². The molecule has 0 aromatic carbocycles. The smallest absolute Gasteiger partial charge is 0.120 e. The van der Waals surface area contributed by atoms with Crippen LogP contribution in [0.25, 0.3) is 0 Å². The number of nitrogens with one attached hydrogen (secondary N) is 1. The lowest BCUT2D eigenvalue weighted by atomic mass is 9.81. The van der Waals surface area contributed by atoms with Gasteiger partial charge in [-0.05, 0) is 50.3 Å². The highest BCUT2D eigenvalue weighted by Crippen LogP contribution is 2.30. The number of furan rings is 1. The first kappa shape index (κ1) is 12.7. The normalized spacial score (nSPS) is 26.9. The van der Waals surface area contributed by atoms with Crippen molar-refractivity contribution in [3.05, 3.63) is 24.2 Å². The van der Waals surface area contributed by atoms with Gasteiger partial charge in [-0.2, -0.15) is 0 Å². The van der Waals surface area contributed by atoms with Crippen LogP contribution in [0.2, 0.25) is 0 Å². The molecular formula is C15H25NO. The Labute approximate surface area is 105 Å². The maximum absolute atomic E-state index is 5.39. The van der Waals surface area contributed by atoms with Gasteiger partial charge >= 0.3 is 0 Å². The van der Waals surface area contributed by atoms with Gasteiger partial charge in [-0.15, -0.1) is 0 Å². The summed E-state index contributed by atoms with van der Waals surface area (Å²) in [5.41, 5.74) is 0. The van der Waals surface area contributed by atoms with Gasteiger partial charge in [-0.25, -0.2) is 0 Å². The molecule has 1 aliphatic rings. The highest BCUT2D eigenvalue weighted by molar-refractivity contribution is 5.02. The first-order chi connectivity index (χ1) is 8.25. The number of hydrogen-bond acceptors (Lipinski definition) is 2. The molecule has 0 spiro atoms. The molecule has 0 amide bonds. The third kappa shape index (κ3) is 3.88. The molecule has 1 saturated carbocycles. The van der Waals surface area contributed by atoms with Crippen molar-refractivity contribution in [3.8, 4) is 0 Å². The van der Waals surface area contributed by atoms with Gasteiger partial charge in [0.2, 0.25) is 0 Å². The third-order valence-electron chi connectivity index (χ3n) is 4.02. The fraction of sp³-hybridized carbons (Fsp3) is 0.733. The van der Waals surface area contributed by atoms with Crippen LogP contribution in [-0.4, -0.2) is 6.54 Å². The Bertz CT molecular complexity index is 307. The van der Waals surface area contributed by atoms with E-state index in [1.165, 1.54) is 32.1 Å². The summed E-state index contributed by atoms with van der Waals surface area (Å²) in [6.45, 7) is 5.67. The van der Waals surface area contributed by atoms with Gasteiger partial charge in [0.15, 0.2) is 0 Å². The second kappa shape index (κ2) is 6.25. The van der Waals surface area contributed by atoms with Gasteiger partial charge in [0.05, 0.1) is 12.3 Å². The minimum Gasteiger partial charge on any atom is -0.468 e. The van der Waals surface area contributed by atoms with Crippen molar-refractivity contribution in [2.75, 3.05) is 6.54 Å². The summed E-state index contributed by atoms with van der Waals surface area (Å²) in [4.78, 5) is 0. The Kier molecular flexibility index (Phi) is 4.66. The summed E-state index contributed by atoms with van der Waals surface area (Å²) < 4.78 is 5.39. The van der Waals surface area contributed by atoms with Crippen molar-refractivity contribution >= 4 is 0 Å². The summed E-state index contributed by atoms with van der Waals surface area (Å²) in [5, 5.41) is 3.55. The van der Waals surface area contributed by atoms with Gasteiger partial charge in [0.1, 0.15) is 5.76 Å². The van der Waals surface area contributed by atoms with Crippen molar-refractivity contribution in [1.82, 2.24) is 5.32 Å². The summed E-state index contributed by atoms with van der Waals surface area (Å²) in [6.07, 6.45) is 8.79. The zero-order valence-corrected chi connectivity index (χ0v) is 11.1. The van der Waals surface area contributed by atoms with E-state index in [9.17, 15) is 0 Å². The zero-order chi connectivity index (χ0) is 12.1. The molecule has 3 atom stereocenters. The first-order valence-corrected chi connectivity index (χ1v) is 7.02. The van der Waals surface area contributed by atoms with E-state index in [0.717, 1.165) is 24.1 Å². The van der Waals surface area contributed by atoms with Crippen molar-refractivity contribution in [1.29, 1.82) is 0 Å². The monoisotopic (exact) mass is 235 g/mol. The summed E-state index contributed by atoms with van der Waals surface area (Å²) in [5.74, 6) is 2.92. The SMILES string of the molecule is CC1CCCC(CCNC(C)c2ccco2)C1. The number of hydrogen-bond donors (Lipinski definition) is 1. The molecule has 0 aliphatic heterocycles. The molecule has 1 heterocycles. The second-order valence-electron chi connectivity index (χ2n) is 5.62. The van der Waals surface area contributed by atoms with Crippen LogP contribution in [0.4, 0.5) is 0 Å². The molecule has 0 radical (unpaired) electrons. The van der Waals surface area contributed by atoms with E-state index in [1.54, 1.807) is 6.26 Å². The molecule has 2 nitrogen and oxygen atoms in total. The molecule has 1 fully saturated rings. The molecule has 2 rings (SSSR count). The minimum atomic E-state index is 0.339. The molecule has 1 aromatic heterocycles. The van der Waals surface area contributed by atoms with E-state index in [-0.39, 0.29) is 0 Å². The minimum absolute atomic E-state index is 0.339. The molecule has 96 valence electrons. The fourth-order valence-corrected chi connectivity index (χ4v) is 2.96. The Morgan fingerprint density at radius 1 is 1.47 bits per heavy atom. The van der Waals surface area contributed by atoms with Crippen molar-refractivity contribution in [2.24, 2.45) is 11.8 Å². The van der Waals surface area contributed by atoms with Crippen molar-refractivity contribution in [3.63, 3.8) is 0 Å². The molecule has 1 aliphatic carbocycles. The summed E-state index contributed by atoms with van der Waals surface area (Å²) in [7, 11) is 0. The van der Waals surface area contributed by atoms with Gasteiger partial charge < -0.3 is 9.73 Å². The molecule has 2 heteroatoms. The summed E-state index contributed by atoms with van der Waals surface area (Å²) in [6, 6.07) is 4.34. The van der Waals surface area contributed by atoms with Crippen LogP contribution in [0.1, 0.15) is 57.8 Å². The van der Waals surface area contributed by atoms with E-state index >= 15 is 0 Å². The molecule has 3 unspecified atom stereocenters. The van der Waals surface area contributed by atoms with Crippen molar-refractivity contribution in [2.45, 2.75) is 52.0 Å². The molecule has 1 aromatic rings. The Balaban J connectivity index is 1.65. The van der Waals surface area contributed by atoms with Crippen LogP contribution in [0.3, 0.4) is 0 Å². The Morgan fingerprint density at radius 3 is 3.06 bits per heavy atom. The lowest BCUT2D eigenvalue weighted by Gasteiger charge is -2.27. The molecular weight excluding hydrogens is 210 g/mol. The highest BCUT2D eigenvalue weighted by Gasteiger charge is 2.18. The second-order valence-corrected chi connectivity index (χ2v) is 5.62. The molecule has 1 N–H and O–H groups in total. The van der Waals surface area contributed by atoms with Gasteiger partial charge in [0.25, 0.3) is 0 Å². The predicted molar refractivity (Wildman–Crippen MR) is 70.9 cm³/mol.